The van der Waals surface area contributed by atoms with Crippen LogP contribution in [0.4, 0.5) is 5.95 Å². The van der Waals surface area contributed by atoms with E-state index in [2.05, 4.69) is 70.9 Å². The van der Waals surface area contributed by atoms with Gasteiger partial charge in [-0.05, 0) is 34.4 Å². The van der Waals surface area contributed by atoms with Crippen LogP contribution in [0, 0.1) is 12.8 Å². The standard InChI is InChI=1S/C26H22N4O/c1-16-7-2-4-10-19(16)18-13-22-24(23(31)14-18)25(30-26(29-22)27-15-28-30)21-12-6-9-17-8-3-5-11-20(17)21/h2-13,15,18,24-25H,14H2,1H3,(H,27,28,29)/t18-,24+,25+/m0/s1. The highest BCUT2D eigenvalue weighted by Crippen LogP contribution is 2.45. The van der Waals surface area contributed by atoms with Crippen molar-refractivity contribution in [2.45, 2.75) is 25.3 Å². The molecule has 6 rings (SSSR count). The number of carbonyl (C=O) groups is 1. The summed E-state index contributed by atoms with van der Waals surface area (Å²) in [5, 5.41) is 10.2. The van der Waals surface area contributed by atoms with Gasteiger partial charge in [-0.25, -0.2) is 4.68 Å². The molecule has 152 valence electrons. The maximum Gasteiger partial charge on any atom is 0.226 e. The van der Waals surface area contributed by atoms with Crippen molar-refractivity contribution < 1.29 is 4.79 Å². The number of Topliss-reactive ketones (excluding diaryl/α,β-unsaturated/α-hetero) is 1. The zero-order chi connectivity index (χ0) is 20.9. The molecule has 0 amide bonds. The highest BCUT2D eigenvalue weighted by Gasteiger charge is 2.43. The number of carbonyl (C=O) groups excluding carboxylic acids is 1. The molecular formula is C26H22N4O. The lowest BCUT2D eigenvalue weighted by Crippen LogP contribution is -2.40. The summed E-state index contributed by atoms with van der Waals surface area (Å²) in [7, 11) is 0. The highest BCUT2D eigenvalue weighted by molar-refractivity contribution is 5.91. The Morgan fingerprint density at radius 3 is 2.65 bits per heavy atom. The summed E-state index contributed by atoms with van der Waals surface area (Å²) in [6.07, 6.45) is 4.28. The lowest BCUT2D eigenvalue weighted by molar-refractivity contribution is -0.123. The molecule has 0 saturated carbocycles. The molecule has 2 aliphatic rings. The fraction of sp³-hybridized carbons (Fsp3) is 0.192. The van der Waals surface area contributed by atoms with Gasteiger partial charge in [0.2, 0.25) is 5.95 Å². The maximum atomic E-state index is 13.6. The molecule has 2 heterocycles. The number of nitrogens with zero attached hydrogens (tertiary/aromatic N) is 3. The normalized spacial score (nSPS) is 22.4. The van der Waals surface area contributed by atoms with Gasteiger partial charge in [-0.2, -0.15) is 10.1 Å². The van der Waals surface area contributed by atoms with E-state index in [0.717, 1.165) is 22.0 Å². The van der Waals surface area contributed by atoms with Crippen LogP contribution >= 0.6 is 0 Å². The van der Waals surface area contributed by atoms with Crippen molar-refractivity contribution in [3.63, 3.8) is 0 Å². The Morgan fingerprint density at radius 1 is 0.968 bits per heavy atom. The van der Waals surface area contributed by atoms with E-state index in [9.17, 15) is 4.79 Å². The molecule has 31 heavy (non-hydrogen) atoms. The summed E-state index contributed by atoms with van der Waals surface area (Å²) >= 11 is 0. The average Bonchev–Trinajstić information content (AvgIpc) is 3.26. The van der Waals surface area contributed by atoms with E-state index in [1.165, 1.54) is 11.1 Å². The quantitative estimate of drug-likeness (QED) is 0.508. The molecule has 0 bridgehead atoms. The number of aryl methyl sites for hydroxylation is 1. The molecule has 0 radical (unpaired) electrons. The van der Waals surface area contributed by atoms with Gasteiger partial charge < -0.3 is 5.32 Å². The number of hydrogen-bond donors (Lipinski definition) is 1. The van der Waals surface area contributed by atoms with E-state index in [1.54, 1.807) is 6.33 Å². The Kier molecular flexibility index (Phi) is 4.03. The first-order valence-corrected chi connectivity index (χ1v) is 10.6. The summed E-state index contributed by atoms with van der Waals surface area (Å²) in [6, 6.07) is 22.7. The highest BCUT2D eigenvalue weighted by atomic mass is 16.1. The SMILES string of the molecule is Cc1ccccc1[C@H]1C=C2Nc3ncnn3[C@H](c3cccc4ccccc34)[C@H]2C(=O)C1. The first kappa shape index (κ1) is 18.1. The van der Waals surface area contributed by atoms with Gasteiger partial charge in [0.1, 0.15) is 12.1 Å². The van der Waals surface area contributed by atoms with Gasteiger partial charge in [-0.15, -0.1) is 0 Å². The summed E-state index contributed by atoms with van der Waals surface area (Å²) in [5.41, 5.74) is 4.45. The summed E-state index contributed by atoms with van der Waals surface area (Å²) in [4.78, 5) is 18.1. The zero-order valence-electron chi connectivity index (χ0n) is 17.2. The van der Waals surface area contributed by atoms with Crippen LogP contribution in [0.1, 0.15) is 35.1 Å². The molecule has 0 unspecified atom stereocenters. The molecular weight excluding hydrogens is 384 g/mol. The summed E-state index contributed by atoms with van der Waals surface area (Å²) in [6.45, 7) is 2.11. The lowest BCUT2D eigenvalue weighted by atomic mass is 9.74. The molecule has 3 atom stereocenters. The van der Waals surface area contributed by atoms with Crippen molar-refractivity contribution in [2.24, 2.45) is 5.92 Å². The van der Waals surface area contributed by atoms with Crippen LogP contribution in [0.2, 0.25) is 0 Å². The van der Waals surface area contributed by atoms with E-state index >= 15 is 0 Å². The van der Waals surface area contributed by atoms with Crippen molar-refractivity contribution >= 4 is 22.5 Å². The number of fused-ring (bicyclic) bond motifs is 3. The molecule has 0 spiro atoms. The number of ketones is 1. The lowest BCUT2D eigenvalue weighted by Gasteiger charge is -2.38. The number of hydrogen-bond acceptors (Lipinski definition) is 4. The van der Waals surface area contributed by atoms with Crippen molar-refractivity contribution in [3.8, 4) is 0 Å². The Morgan fingerprint density at radius 2 is 1.74 bits per heavy atom. The van der Waals surface area contributed by atoms with Crippen LogP contribution in [0.25, 0.3) is 10.8 Å². The van der Waals surface area contributed by atoms with E-state index in [1.807, 2.05) is 28.9 Å². The van der Waals surface area contributed by atoms with Gasteiger partial charge in [-0.1, -0.05) is 72.8 Å². The number of benzene rings is 3. The Hall–Kier alpha value is -3.73. The fourth-order valence-corrected chi connectivity index (χ4v) is 5.20. The van der Waals surface area contributed by atoms with E-state index in [0.29, 0.717) is 12.4 Å². The van der Waals surface area contributed by atoms with Gasteiger partial charge in [0.05, 0.1) is 12.0 Å². The number of aromatic nitrogens is 3. The minimum absolute atomic E-state index is 0.0649. The summed E-state index contributed by atoms with van der Waals surface area (Å²) in [5.74, 6) is 0.673. The summed E-state index contributed by atoms with van der Waals surface area (Å²) < 4.78 is 1.87. The average molecular weight is 406 g/mol. The van der Waals surface area contributed by atoms with Gasteiger partial charge in [-0.3, -0.25) is 4.79 Å². The predicted octanol–water partition coefficient (Wildman–Crippen LogP) is 5.01. The third-order valence-electron chi connectivity index (χ3n) is 6.62. The number of rotatable bonds is 2. The smallest absolute Gasteiger partial charge is 0.226 e. The van der Waals surface area contributed by atoms with Crippen LogP contribution in [0.3, 0.4) is 0 Å². The monoisotopic (exact) mass is 406 g/mol. The van der Waals surface area contributed by atoms with Crippen LogP contribution in [-0.2, 0) is 4.79 Å². The molecule has 4 aromatic rings. The van der Waals surface area contributed by atoms with E-state index in [4.69, 9.17) is 0 Å². The van der Waals surface area contributed by atoms with Crippen LogP contribution in [-0.4, -0.2) is 20.5 Å². The number of allylic oxidation sites excluding steroid dienone is 2. The zero-order valence-corrected chi connectivity index (χ0v) is 17.2. The third-order valence-corrected chi connectivity index (χ3v) is 6.62. The topological polar surface area (TPSA) is 59.8 Å². The van der Waals surface area contributed by atoms with Crippen molar-refractivity contribution in [2.75, 3.05) is 5.32 Å². The molecule has 3 aromatic carbocycles. The molecule has 5 nitrogen and oxygen atoms in total. The van der Waals surface area contributed by atoms with Crippen LogP contribution in [0.15, 0.2) is 84.8 Å². The molecule has 1 aromatic heterocycles. The van der Waals surface area contributed by atoms with E-state index in [-0.39, 0.29) is 23.7 Å². The second-order valence-corrected chi connectivity index (χ2v) is 8.40. The van der Waals surface area contributed by atoms with Crippen molar-refractivity contribution in [1.82, 2.24) is 14.8 Å². The fourth-order valence-electron chi connectivity index (χ4n) is 5.20. The second-order valence-electron chi connectivity index (χ2n) is 8.40. The Balaban J connectivity index is 1.53. The Bertz CT molecular complexity index is 1350. The Labute approximate surface area is 180 Å². The second kappa shape index (κ2) is 6.91. The largest absolute Gasteiger partial charge is 0.328 e. The molecule has 0 saturated heterocycles. The molecule has 0 fully saturated rings. The molecule has 5 heteroatoms. The number of nitrogens with one attached hydrogen (secondary N) is 1. The molecule has 1 aliphatic heterocycles. The maximum absolute atomic E-state index is 13.6. The van der Waals surface area contributed by atoms with Crippen LogP contribution < -0.4 is 5.32 Å². The van der Waals surface area contributed by atoms with Crippen molar-refractivity contribution in [3.05, 3.63) is 102 Å². The minimum Gasteiger partial charge on any atom is -0.328 e. The van der Waals surface area contributed by atoms with E-state index < -0.39 is 0 Å². The third kappa shape index (κ3) is 2.81. The minimum atomic E-state index is -0.305. The van der Waals surface area contributed by atoms with Gasteiger partial charge in [0, 0.05) is 18.0 Å². The molecule has 1 N–H and O–H groups in total. The van der Waals surface area contributed by atoms with Gasteiger partial charge in [0.25, 0.3) is 0 Å². The van der Waals surface area contributed by atoms with Gasteiger partial charge in [0.15, 0.2) is 0 Å². The van der Waals surface area contributed by atoms with Gasteiger partial charge >= 0.3 is 0 Å². The first-order valence-electron chi connectivity index (χ1n) is 10.6. The predicted molar refractivity (Wildman–Crippen MR) is 121 cm³/mol. The first-order chi connectivity index (χ1) is 15.2. The van der Waals surface area contributed by atoms with Crippen molar-refractivity contribution in [1.29, 1.82) is 0 Å². The molecule has 1 aliphatic carbocycles. The number of anilines is 1. The van der Waals surface area contributed by atoms with Crippen LogP contribution in [0.5, 0.6) is 0 Å².